The fourth-order valence-corrected chi connectivity index (χ4v) is 12.1. The van der Waals surface area contributed by atoms with Crippen LogP contribution in [0.15, 0.2) is 0 Å². The van der Waals surface area contributed by atoms with Crippen LogP contribution in [0.2, 0.25) is 16.6 Å². The molecule has 0 radical (unpaired) electrons. The third kappa shape index (κ3) is 2.63. The Bertz CT molecular complexity index is 292. The van der Waals surface area contributed by atoms with E-state index in [1.807, 2.05) is 0 Å². The normalized spacial score (nSPS) is 48.6. The SMILES string of the molecule is CC1CCC([Si](O)(C2CCC(C)C2)C2CCC(C)C2)C1. The highest BCUT2D eigenvalue weighted by molar-refractivity contribution is 6.77. The molecule has 116 valence electrons. The van der Waals surface area contributed by atoms with Crippen LogP contribution in [0.5, 0.6) is 0 Å². The van der Waals surface area contributed by atoms with Crippen molar-refractivity contribution in [3.63, 3.8) is 0 Å². The van der Waals surface area contributed by atoms with E-state index < -0.39 is 8.32 Å². The highest BCUT2D eigenvalue weighted by Crippen LogP contribution is 2.59. The molecule has 3 saturated carbocycles. The van der Waals surface area contributed by atoms with Gasteiger partial charge in [0.1, 0.15) is 0 Å². The Kier molecular flexibility index (Phi) is 4.34. The first kappa shape index (κ1) is 15.1. The predicted octanol–water partition coefficient (Wildman–Crippen LogP) is 5.49. The first-order chi connectivity index (χ1) is 9.50. The average Bonchev–Trinajstić information content (AvgIpc) is 3.10. The molecule has 3 aliphatic carbocycles. The Balaban J connectivity index is 1.82. The van der Waals surface area contributed by atoms with Gasteiger partial charge in [-0.3, -0.25) is 0 Å². The molecule has 6 unspecified atom stereocenters. The van der Waals surface area contributed by atoms with Crippen molar-refractivity contribution in [1.82, 2.24) is 0 Å². The number of hydrogen-bond acceptors (Lipinski definition) is 1. The van der Waals surface area contributed by atoms with Crippen LogP contribution in [-0.4, -0.2) is 13.1 Å². The minimum absolute atomic E-state index is 0.739. The third-order valence-corrected chi connectivity index (χ3v) is 12.5. The summed E-state index contributed by atoms with van der Waals surface area (Å²) in [5.41, 5.74) is 2.22. The Morgan fingerprint density at radius 3 is 1.10 bits per heavy atom. The molecule has 0 bridgehead atoms. The van der Waals surface area contributed by atoms with Gasteiger partial charge in [0.05, 0.1) is 0 Å². The van der Waals surface area contributed by atoms with Gasteiger partial charge >= 0.3 is 0 Å². The van der Waals surface area contributed by atoms with E-state index in [0.717, 1.165) is 34.4 Å². The van der Waals surface area contributed by atoms with E-state index in [1.54, 1.807) is 0 Å². The van der Waals surface area contributed by atoms with Gasteiger partial charge in [-0.2, -0.15) is 0 Å². The van der Waals surface area contributed by atoms with Gasteiger partial charge in [-0.1, -0.05) is 59.3 Å². The maximum atomic E-state index is 12.0. The maximum absolute atomic E-state index is 12.0. The average molecular weight is 295 g/mol. The number of rotatable bonds is 3. The van der Waals surface area contributed by atoms with Gasteiger partial charge in [0.15, 0.2) is 8.32 Å². The zero-order valence-electron chi connectivity index (χ0n) is 13.8. The zero-order chi connectivity index (χ0) is 14.3. The molecule has 0 spiro atoms. The van der Waals surface area contributed by atoms with E-state index in [9.17, 15) is 4.80 Å². The van der Waals surface area contributed by atoms with Crippen LogP contribution in [0.25, 0.3) is 0 Å². The van der Waals surface area contributed by atoms with Gasteiger partial charge in [-0.25, -0.2) is 0 Å². The van der Waals surface area contributed by atoms with E-state index in [4.69, 9.17) is 0 Å². The minimum atomic E-state index is -2.08. The smallest absolute Gasteiger partial charge is 0.197 e. The molecule has 0 aromatic heterocycles. The molecule has 3 aliphatic rings. The quantitative estimate of drug-likeness (QED) is 0.682. The van der Waals surface area contributed by atoms with E-state index in [-0.39, 0.29) is 0 Å². The van der Waals surface area contributed by atoms with E-state index in [1.165, 1.54) is 57.8 Å². The fourth-order valence-electron chi connectivity index (χ4n) is 5.88. The van der Waals surface area contributed by atoms with Crippen LogP contribution in [0.4, 0.5) is 0 Å². The second-order valence-electron chi connectivity index (χ2n) is 8.73. The van der Waals surface area contributed by atoms with Crippen molar-refractivity contribution < 1.29 is 4.80 Å². The highest BCUT2D eigenvalue weighted by atomic mass is 28.4. The van der Waals surface area contributed by atoms with E-state index >= 15 is 0 Å². The Hall–Kier alpha value is 0.177. The second-order valence-corrected chi connectivity index (χ2v) is 13.0. The van der Waals surface area contributed by atoms with Gasteiger partial charge in [-0.05, 0) is 53.6 Å². The maximum Gasteiger partial charge on any atom is 0.197 e. The van der Waals surface area contributed by atoms with Crippen molar-refractivity contribution in [3.8, 4) is 0 Å². The first-order valence-corrected chi connectivity index (χ1v) is 11.4. The molecule has 3 fully saturated rings. The number of hydrogen-bond donors (Lipinski definition) is 1. The summed E-state index contributed by atoms with van der Waals surface area (Å²) in [5.74, 6) is 2.62. The molecule has 2 heteroatoms. The standard InChI is InChI=1S/C18H34OSi/c1-13-4-7-16(10-13)20(19,17-8-5-14(2)11-17)18-9-6-15(3)12-18/h13-19H,4-12H2,1-3H3. The summed E-state index contributed by atoms with van der Waals surface area (Å²) in [5, 5.41) is 0. The molecule has 0 amide bonds. The van der Waals surface area contributed by atoms with Gasteiger partial charge < -0.3 is 4.80 Å². The molecule has 0 saturated heterocycles. The minimum Gasteiger partial charge on any atom is -0.431 e. The molecule has 0 heterocycles. The summed E-state index contributed by atoms with van der Waals surface area (Å²) < 4.78 is 0. The van der Waals surface area contributed by atoms with Crippen LogP contribution in [0, 0.1) is 17.8 Å². The molecule has 1 N–H and O–H groups in total. The summed E-state index contributed by atoms with van der Waals surface area (Å²) in [6, 6.07) is 0. The second kappa shape index (κ2) is 5.76. The monoisotopic (exact) mass is 294 g/mol. The summed E-state index contributed by atoms with van der Waals surface area (Å²) in [4.78, 5) is 12.0. The summed E-state index contributed by atoms with van der Waals surface area (Å²) in [7, 11) is -2.08. The van der Waals surface area contributed by atoms with Crippen molar-refractivity contribution in [2.45, 2.75) is 95.2 Å². The fraction of sp³-hybridized carbons (Fsp3) is 1.00. The third-order valence-electron chi connectivity index (χ3n) is 7.05. The van der Waals surface area contributed by atoms with Crippen molar-refractivity contribution in [2.24, 2.45) is 17.8 Å². The van der Waals surface area contributed by atoms with Crippen molar-refractivity contribution in [3.05, 3.63) is 0 Å². The Labute approximate surface area is 126 Å². The lowest BCUT2D eigenvalue weighted by Gasteiger charge is -2.42. The van der Waals surface area contributed by atoms with Gasteiger partial charge in [-0.15, -0.1) is 0 Å². The van der Waals surface area contributed by atoms with Crippen LogP contribution in [0.3, 0.4) is 0 Å². The van der Waals surface area contributed by atoms with Gasteiger partial charge in [0.25, 0.3) is 0 Å². The summed E-state index contributed by atoms with van der Waals surface area (Å²) in [6.45, 7) is 7.22. The molecule has 0 aromatic carbocycles. The van der Waals surface area contributed by atoms with Crippen LogP contribution in [-0.2, 0) is 0 Å². The molecular formula is C18H34OSi. The topological polar surface area (TPSA) is 20.2 Å². The largest absolute Gasteiger partial charge is 0.431 e. The molecule has 0 aromatic rings. The van der Waals surface area contributed by atoms with Crippen LogP contribution < -0.4 is 0 Å². The first-order valence-electron chi connectivity index (χ1n) is 9.22. The van der Waals surface area contributed by atoms with Crippen molar-refractivity contribution in [1.29, 1.82) is 0 Å². The van der Waals surface area contributed by atoms with Gasteiger partial charge in [0, 0.05) is 0 Å². The highest BCUT2D eigenvalue weighted by Gasteiger charge is 2.55. The lowest BCUT2D eigenvalue weighted by atomic mass is 10.1. The van der Waals surface area contributed by atoms with Crippen molar-refractivity contribution in [2.75, 3.05) is 0 Å². The molecule has 20 heavy (non-hydrogen) atoms. The van der Waals surface area contributed by atoms with Gasteiger partial charge in [0.2, 0.25) is 0 Å². The Morgan fingerprint density at radius 1 is 0.600 bits per heavy atom. The molecule has 1 nitrogen and oxygen atoms in total. The zero-order valence-corrected chi connectivity index (χ0v) is 14.8. The predicted molar refractivity (Wildman–Crippen MR) is 88.3 cm³/mol. The van der Waals surface area contributed by atoms with Crippen molar-refractivity contribution >= 4 is 8.32 Å². The lowest BCUT2D eigenvalue weighted by molar-refractivity contribution is 0.430. The Morgan fingerprint density at radius 2 is 0.900 bits per heavy atom. The van der Waals surface area contributed by atoms with E-state index in [0.29, 0.717) is 0 Å². The molecule has 0 aliphatic heterocycles. The lowest BCUT2D eigenvalue weighted by Crippen LogP contribution is -2.48. The van der Waals surface area contributed by atoms with E-state index in [2.05, 4.69) is 20.8 Å². The molecule has 3 rings (SSSR count). The van der Waals surface area contributed by atoms with Crippen LogP contribution >= 0.6 is 0 Å². The van der Waals surface area contributed by atoms with Crippen LogP contribution in [0.1, 0.15) is 78.6 Å². The molecular weight excluding hydrogens is 260 g/mol. The summed E-state index contributed by atoms with van der Waals surface area (Å²) in [6.07, 6.45) is 12.2. The summed E-state index contributed by atoms with van der Waals surface area (Å²) >= 11 is 0. The molecule has 6 atom stereocenters.